The Morgan fingerprint density at radius 2 is 1.27 bits per heavy atom. The maximum Gasteiger partial charge on any atom is 0.306 e. The van der Waals surface area contributed by atoms with E-state index in [9.17, 15) is 14.4 Å². The number of amides is 1. The van der Waals surface area contributed by atoms with Gasteiger partial charge in [-0.1, -0.05) is 66.2 Å². The van der Waals surface area contributed by atoms with E-state index in [1.807, 2.05) is 0 Å². The number of hydrogen-bond acceptors (Lipinski definition) is 6. The van der Waals surface area contributed by atoms with E-state index < -0.39 is 0 Å². The molecule has 0 saturated carbocycles. The summed E-state index contributed by atoms with van der Waals surface area (Å²) in [4.78, 5) is 38.3. The molecular formula is C26H48NO5S. The van der Waals surface area contributed by atoms with E-state index in [0.29, 0.717) is 30.8 Å². The van der Waals surface area contributed by atoms with Crippen LogP contribution >= 0.6 is 11.8 Å². The zero-order chi connectivity index (χ0) is 25.1. The second-order valence-corrected chi connectivity index (χ2v) is 10.3. The van der Waals surface area contributed by atoms with Crippen molar-refractivity contribution in [1.82, 2.24) is 4.90 Å². The van der Waals surface area contributed by atoms with Crippen LogP contribution in [0.4, 0.5) is 0 Å². The van der Waals surface area contributed by atoms with E-state index in [4.69, 9.17) is 9.47 Å². The third-order valence-corrected chi connectivity index (χ3v) is 7.03. The highest BCUT2D eigenvalue weighted by Crippen LogP contribution is 2.22. The first-order valence-corrected chi connectivity index (χ1v) is 13.8. The van der Waals surface area contributed by atoms with Gasteiger partial charge in [0, 0.05) is 25.1 Å². The number of carbonyl (C=O) groups is 3. The van der Waals surface area contributed by atoms with Crippen LogP contribution in [0.1, 0.15) is 91.9 Å². The maximum atomic E-state index is 12.5. The fourth-order valence-electron chi connectivity index (χ4n) is 3.34. The molecule has 6 nitrogen and oxygen atoms in total. The molecule has 0 spiro atoms. The first-order chi connectivity index (χ1) is 15.8. The lowest BCUT2D eigenvalue weighted by Gasteiger charge is -2.19. The Labute approximate surface area is 206 Å². The molecule has 0 N–H and O–H groups in total. The molecule has 0 aromatic carbocycles. The fourth-order valence-corrected chi connectivity index (χ4v) is 4.35. The van der Waals surface area contributed by atoms with E-state index in [1.165, 1.54) is 16.7 Å². The summed E-state index contributed by atoms with van der Waals surface area (Å²) in [5.74, 6) is 0.530. The molecule has 0 aliphatic carbocycles. The van der Waals surface area contributed by atoms with Crippen LogP contribution in [0.3, 0.4) is 0 Å². The number of ether oxygens (including phenoxy) is 2. The molecule has 0 fully saturated rings. The predicted molar refractivity (Wildman–Crippen MR) is 137 cm³/mol. The van der Waals surface area contributed by atoms with Gasteiger partial charge in [-0.05, 0) is 24.7 Å². The first-order valence-electron chi connectivity index (χ1n) is 12.7. The molecule has 33 heavy (non-hydrogen) atoms. The lowest BCUT2D eigenvalue weighted by molar-refractivity contribution is -0.146. The average molecular weight is 487 g/mol. The summed E-state index contributed by atoms with van der Waals surface area (Å²) in [5.41, 5.74) is 0. The summed E-state index contributed by atoms with van der Waals surface area (Å²) in [6, 6.07) is 0. The highest BCUT2D eigenvalue weighted by molar-refractivity contribution is 8.00. The molecule has 7 heteroatoms. The van der Waals surface area contributed by atoms with Gasteiger partial charge in [0.15, 0.2) is 0 Å². The van der Waals surface area contributed by atoms with Crippen LogP contribution in [0.25, 0.3) is 0 Å². The summed E-state index contributed by atoms with van der Waals surface area (Å²) in [7, 11) is 3.39. The fraction of sp³-hybridized carbons (Fsp3) is 0.846. The standard InChI is InChI=1S/C26H48NO5S/c1-7-11-13-21(9-3)19-31-25(29)17-23(33-16-15-24(28)27(5)6)18-26(30)32-20-22(10-4)14-12-8-2/h15,21-23H,7-14,16-20H2,1-6H3. The van der Waals surface area contributed by atoms with Gasteiger partial charge >= 0.3 is 11.9 Å². The Bertz CT molecular complexity index is 507. The highest BCUT2D eigenvalue weighted by Gasteiger charge is 2.22. The number of nitrogens with zero attached hydrogens (tertiary/aromatic N) is 1. The normalized spacial score (nSPS) is 13.8. The zero-order valence-electron chi connectivity index (χ0n) is 21.9. The van der Waals surface area contributed by atoms with Gasteiger partial charge in [0.05, 0.1) is 32.5 Å². The van der Waals surface area contributed by atoms with Crippen molar-refractivity contribution in [3.63, 3.8) is 0 Å². The van der Waals surface area contributed by atoms with Crippen molar-refractivity contribution >= 4 is 29.6 Å². The van der Waals surface area contributed by atoms with Crippen LogP contribution in [0.5, 0.6) is 0 Å². The molecule has 0 bridgehead atoms. The Morgan fingerprint density at radius 1 is 0.818 bits per heavy atom. The van der Waals surface area contributed by atoms with Crippen molar-refractivity contribution < 1.29 is 23.9 Å². The number of carbonyl (C=O) groups excluding carboxylic acids is 3. The number of unbranched alkanes of at least 4 members (excludes halogenated alkanes) is 2. The Kier molecular flexibility index (Phi) is 19.4. The van der Waals surface area contributed by atoms with Crippen molar-refractivity contribution in [1.29, 1.82) is 0 Å². The van der Waals surface area contributed by atoms with Crippen LogP contribution in [0.15, 0.2) is 0 Å². The van der Waals surface area contributed by atoms with Crippen molar-refractivity contribution in [2.45, 2.75) is 97.2 Å². The molecule has 1 amide bonds. The lowest BCUT2D eigenvalue weighted by atomic mass is 10.0. The largest absolute Gasteiger partial charge is 0.465 e. The van der Waals surface area contributed by atoms with Crippen molar-refractivity contribution in [3.05, 3.63) is 6.42 Å². The topological polar surface area (TPSA) is 72.9 Å². The smallest absolute Gasteiger partial charge is 0.306 e. The van der Waals surface area contributed by atoms with Gasteiger partial charge in [-0.25, -0.2) is 0 Å². The molecule has 0 heterocycles. The summed E-state index contributed by atoms with van der Waals surface area (Å²) in [6.45, 7) is 9.40. The van der Waals surface area contributed by atoms with Gasteiger partial charge in [-0.2, -0.15) is 11.8 Å². The van der Waals surface area contributed by atoms with E-state index in [2.05, 4.69) is 27.7 Å². The van der Waals surface area contributed by atoms with Crippen molar-refractivity contribution in [2.24, 2.45) is 11.8 Å². The Hall–Kier alpha value is -1.24. The van der Waals surface area contributed by atoms with E-state index in [0.717, 1.165) is 51.4 Å². The monoisotopic (exact) mass is 486 g/mol. The SMILES string of the molecule is CCCCC(CC)COC(=O)CC(CC(=O)OCC(CC)CCCC)SC[CH]C(=O)N(C)C. The highest BCUT2D eigenvalue weighted by atomic mass is 32.2. The molecule has 0 aromatic rings. The summed E-state index contributed by atoms with van der Waals surface area (Å²) in [5, 5.41) is -0.275. The third-order valence-electron chi connectivity index (χ3n) is 5.87. The summed E-state index contributed by atoms with van der Waals surface area (Å²) >= 11 is 1.43. The minimum absolute atomic E-state index is 0.0881. The second-order valence-electron chi connectivity index (χ2n) is 9.00. The number of rotatable bonds is 20. The number of esters is 2. The minimum Gasteiger partial charge on any atom is -0.465 e. The van der Waals surface area contributed by atoms with Crippen LogP contribution in [0.2, 0.25) is 0 Å². The lowest BCUT2D eigenvalue weighted by Crippen LogP contribution is -2.24. The van der Waals surface area contributed by atoms with Crippen LogP contribution in [-0.2, 0) is 23.9 Å². The Balaban J connectivity index is 4.76. The van der Waals surface area contributed by atoms with Crippen LogP contribution < -0.4 is 0 Å². The van der Waals surface area contributed by atoms with Crippen LogP contribution in [0, 0.1) is 18.3 Å². The third kappa shape index (κ3) is 16.9. The second kappa shape index (κ2) is 20.2. The van der Waals surface area contributed by atoms with Gasteiger partial charge in [-0.15, -0.1) is 0 Å². The minimum atomic E-state index is -0.288. The molecular weight excluding hydrogens is 438 g/mol. The number of thioether (sulfide) groups is 1. The molecule has 0 aliphatic rings. The molecule has 1 radical (unpaired) electrons. The van der Waals surface area contributed by atoms with Crippen LogP contribution in [-0.4, -0.2) is 61.1 Å². The molecule has 2 unspecified atom stereocenters. The van der Waals surface area contributed by atoms with E-state index in [1.54, 1.807) is 20.5 Å². The zero-order valence-corrected chi connectivity index (χ0v) is 22.7. The quantitative estimate of drug-likeness (QED) is 0.206. The molecule has 193 valence electrons. The predicted octanol–water partition coefficient (Wildman–Crippen LogP) is 5.68. The molecule has 2 atom stereocenters. The first kappa shape index (κ1) is 31.8. The average Bonchev–Trinajstić information content (AvgIpc) is 2.79. The van der Waals surface area contributed by atoms with Gasteiger partial charge in [0.1, 0.15) is 0 Å². The van der Waals surface area contributed by atoms with Gasteiger partial charge in [0.2, 0.25) is 5.91 Å². The number of hydrogen-bond donors (Lipinski definition) is 0. The molecule has 0 aromatic heterocycles. The van der Waals surface area contributed by atoms with Gasteiger partial charge in [0.25, 0.3) is 0 Å². The van der Waals surface area contributed by atoms with E-state index >= 15 is 0 Å². The molecule has 0 saturated heterocycles. The molecule has 0 rings (SSSR count). The molecule has 0 aliphatic heterocycles. The van der Waals surface area contributed by atoms with Crippen molar-refractivity contribution in [3.8, 4) is 0 Å². The van der Waals surface area contributed by atoms with E-state index in [-0.39, 0.29) is 35.9 Å². The maximum absolute atomic E-state index is 12.5. The van der Waals surface area contributed by atoms with Gasteiger partial charge < -0.3 is 14.4 Å². The summed E-state index contributed by atoms with van der Waals surface area (Å²) in [6.07, 6.45) is 10.5. The van der Waals surface area contributed by atoms with Gasteiger partial charge in [-0.3, -0.25) is 14.4 Å². The van der Waals surface area contributed by atoms with Crippen molar-refractivity contribution in [2.75, 3.05) is 33.1 Å². The summed E-state index contributed by atoms with van der Waals surface area (Å²) < 4.78 is 11.1. The Morgan fingerprint density at radius 3 is 1.64 bits per heavy atom.